The summed E-state index contributed by atoms with van der Waals surface area (Å²) >= 11 is 12.4. The zero-order valence-electron chi connectivity index (χ0n) is 18.7. The topological polar surface area (TPSA) is 77.3 Å². The molecule has 1 fully saturated rings. The minimum Gasteiger partial charge on any atom is -0.336 e. The normalized spacial score (nSPS) is 17.3. The second kappa shape index (κ2) is 9.84. The average Bonchev–Trinajstić information content (AvgIpc) is 3.30. The Bertz CT molecular complexity index is 1290. The molecular formula is C26H22Cl2N4O2. The van der Waals surface area contributed by atoms with Crippen molar-refractivity contribution in [3.05, 3.63) is 98.8 Å². The fourth-order valence-electron chi connectivity index (χ4n) is 4.28. The van der Waals surface area contributed by atoms with E-state index in [1.807, 2.05) is 19.1 Å². The number of nitriles is 1. The van der Waals surface area contributed by atoms with E-state index in [1.165, 1.54) is 0 Å². The van der Waals surface area contributed by atoms with Gasteiger partial charge in [0.1, 0.15) is 5.69 Å². The standard InChI is InChI=1S/C26H22Cl2N4O2/c1-16-4-3-5-23(30-16)26(34)31(2)24-15-32(25(33)18-8-6-17(13-29)7-9-18)14-20(24)19-10-11-21(27)22(28)12-19/h3-12,20,24H,14-15H2,1-2H3/t20-,24+/m0/s1. The number of halogens is 2. The lowest BCUT2D eigenvalue weighted by molar-refractivity contribution is 0.0691. The lowest BCUT2D eigenvalue weighted by Gasteiger charge is -2.29. The molecule has 34 heavy (non-hydrogen) atoms. The molecule has 0 bridgehead atoms. The number of hydrogen-bond acceptors (Lipinski definition) is 4. The van der Waals surface area contributed by atoms with Crippen LogP contribution in [0.15, 0.2) is 60.7 Å². The highest BCUT2D eigenvalue weighted by Gasteiger charge is 2.40. The maximum Gasteiger partial charge on any atom is 0.272 e. The Balaban J connectivity index is 1.66. The zero-order valence-corrected chi connectivity index (χ0v) is 20.2. The molecule has 0 radical (unpaired) electrons. The third-order valence-electron chi connectivity index (χ3n) is 6.13. The van der Waals surface area contributed by atoms with Crippen LogP contribution < -0.4 is 0 Å². The van der Waals surface area contributed by atoms with Gasteiger partial charge in [0.25, 0.3) is 11.8 Å². The van der Waals surface area contributed by atoms with Crippen molar-refractivity contribution < 1.29 is 9.59 Å². The largest absolute Gasteiger partial charge is 0.336 e. The second-order valence-electron chi connectivity index (χ2n) is 8.33. The summed E-state index contributed by atoms with van der Waals surface area (Å²) in [6.07, 6.45) is 0. The Morgan fingerprint density at radius 3 is 2.44 bits per heavy atom. The van der Waals surface area contributed by atoms with Gasteiger partial charge in [0, 0.05) is 37.3 Å². The first-order chi connectivity index (χ1) is 16.3. The van der Waals surface area contributed by atoms with Crippen LogP contribution in [-0.4, -0.2) is 52.8 Å². The number of nitrogens with zero attached hydrogens (tertiary/aromatic N) is 4. The average molecular weight is 493 g/mol. The van der Waals surface area contributed by atoms with Crippen LogP contribution in [0.1, 0.15) is 43.6 Å². The summed E-state index contributed by atoms with van der Waals surface area (Å²) in [6, 6.07) is 19.0. The monoisotopic (exact) mass is 492 g/mol. The Labute approximate surface area is 208 Å². The highest BCUT2D eigenvalue weighted by Crippen LogP contribution is 2.35. The third-order valence-corrected chi connectivity index (χ3v) is 6.87. The molecule has 1 aliphatic rings. The van der Waals surface area contributed by atoms with Crippen LogP contribution in [-0.2, 0) is 0 Å². The van der Waals surface area contributed by atoms with Gasteiger partial charge < -0.3 is 9.80 Å². The number of aromatic nitrogens is 1. The van der Waals surface area contributed by atoms with Crippen molar-refractivity contribution in [1.82, 2.24) is 14.8 Å². The summed E-state index contributed by atoms with van der Waals surface area (Å²) < 4.78 is 0. The van der Waals surface area contributed by atoms with Crippen LogP contribution >= 0.6 is 23.2 Å². The number of likely N-dealkylation sites (tertiary alicyclic amines) is 1. The first-order valence-electron chi connectivity index (χ1n) is 10.7. The maximum absolute atomic E-state index is 13.3. The summed E-state index contributed by atoms with van der Waals surface area (Å²) in [6.45, 7) is 2.58. The van der Waals surface area contributed by atoms with E-state index in [0.29, 0.717) is 40.0 Å². The van der Waals surface area contributed by atoms with E-state index in [2.05, 4.69) is 11.1 Å². The van der Waals surface area contributed by atoms with Gasteiger partial charge in [0.15, 0.2) is 0 Å². The quantitative estimate of drug-likeness (QED) is 0.516. The Morgan fingerprint density at radius 1 is 1.06 bits per heavy atom. The van der Waals surface area contributed by atoms with Gasteiger partial charge in [-0.1, -0.05) is 35.3 Å². The van der Waals surface area contributed by atoms with E-state index in [4.69, 9.17) is 28.5 Å². The number of carbonyl (C=O) groups is 2. The third kappa shape index (κ3) is 4.77. The molecule has 1 aromatic heterocycles. The molecule has 2 aromatic carbocycles. The Hall–Kier alpha value is -3.40. The molecule has 3 aromatic rings. The predicted octanol–water partition coefficient (Wildman–Crippen LogP) is 4.95. The number of hydrogen-bond donors (Lipinski definition) is 0. The smallest absolute Gasteiger partial charge is 0.272 e. The van der Waals surface area contributed by atoms with Crippen LogP contribution in [0.5, 0.6) is 0 Å². The van der Waals surface area contributed by atoms with Gasteiger partial charge in [-0.25, -0.2) is 4.98 Å². The van der Waals surface area contributed by atoms with Crippen LogP contribution in [0.3, 0.4) is 0 Å². The van der Waals surface area contributed by atoms with Crippen molar-refractivity contribution in [2.45, 2.75) is 18.9 Å². The van der Waals surface area contributed by atoms with Crippen molar-refractivity contribution in [2.24, 2.45) is 0 Å². The molecule has 2 amide bonds. The molecule has 172 valence electrons. The van der Waals surface area contributed by atoms with Gasteiger partial charge >= 0.3 is 0 Å². The van der Waals surface area contributed by atoms with Gasteiger partial charge in [-0.15, -0.1) is 0 Å². The molecule has 2 heterocycles. The number of benzene rings is 2. The number of likely N-dealkylation sites (N-methyl/N-ethyl adjacent to an activating group) is 1. The predicted molar refractivity (Wildman–Crippen MR) is 131 cm³/mol. The summed E-state index contributed by atoms with van der Waals surface area (Å²) in [5.74, 6) is -0.547. The SMILES string of the molecule is Cc1cccc(C(=O)N(C)[C@@H]2CN(C(=O)c3ccc(C#N)cc3)C[C@H]2c2ccc(Cl)c(Cl)c2)n1. The summed E-state index contributed by atoms with van der Waals surface area (Å²) in [7, 11) is 1.73. The molecule has 0 unspecified atom stereocenters. The van der Waals surface area contributed by atoms with Crippen molar-refractivity contribution in [2.75, 3.05) is 20.1 Å². The molecule has 0 aliphatic carbocycles. The number of pyridine rings is 1. The molecule has 4 rings (SSSR count). The molecule has 8 heteroatoms. The van der Waals surface area contributed by atoms with Crippen molar-refractivity contribution >= 4 is 35.0 Å². The molecule has 1 aliphatic heterocycles. The first kappa shape index (κ1) is 23.7. The van der Waals surface area contributed by atoms with Crippen LogP contribution in [0.2, 0.25) is 10.0 Å². The number of amides is 2. The van der Waals surface area contributed by atoms with E-state index >= 15 is 0 Å². The minimum absolute atomic E-state index is 0.161. The molecule has 1 saturated heterocycles. The fourth-order valence-corrected chi connectivity index (χ4v) is 4.59. The first-order valence-corrected chi connectivity index (χ1v) is 11.5. The van der Waals surface area contributed by atoms with Crippen LogP contribution in [0.4, 0.5) is 0 Å². The molecule has 0 spiro atoms. The highest BCUT2D eigenvalue weighted by atomic mass is 35.5. The van der Waals surface area contributed by atoms with Crippen molar-refractivity contribution in [3.8, 4) is 6.07 Å². The summed E-state index contributed by atoms with van der Waals surface area (Å²) in [5.41, 5.74) is 2.98. The number of aryl methyl sites for hydroxylation is 1. The van der Waals surface area contributed by atoms with E-state index in [1.54, 1.807) is 65.4 Å². The van der Waals surface area contributed by atoms with E-state index in [-0.39, 0.29) is 23.8 Å². The molecule has 0 N–H and O–H groups in total. The van der Waals surface area contributed by atoms with Crippen LogP contribution in [0, 0.1) is 18.3 Å². The van der Waals surface area contributed by atoms with E-state index in [9.17, 15) is 9.59 Å². The van der Waals surface area contributed by atoms with Crippen molar-refractivity contribution in [3.63, 3.8) is 0 Å². The molecular weight excluding hydrogens is 471 g/mol. The van der Waals surface area contributed by atoms with Crippen molar-refractivity contribution in [1.29, 1.82) is 5.26 Å². The second-order valence-corrected chi connectivity index (χ2v) is 9.14. The van der Waals surface area contributed by atoms with Gasteiger partial charge in [-0.2, -0.15) is 5.26 Å². The maximum atomic E-state index is 13.3. The van der Waals surface area contributed by atoms with Gasteiger partial charge in [-0.05, 0) is 61.0 Å². The summed E-state index contributed by atoms with van der Waals surface area (Å²) in [5, 5.41) is 9.90. The van der Waals surface area contributed by atoms with Gasteiger partial charge in [0.05, 0.1) is 27.7 Å². The molecule has 6 nitrogen and oxygen atoms in total. The number of rotatable bonds is 4. The summed E-state index contributed by atoms with van der Waals surface area (Å²) in [4.78, 5) is 34.3. The zero-order chi connectivity index (χ0) is 24.4. The molecule has 2 atom stereocenters. The van der Waals surface area contributed by atoms with Gasteiger partial charge in [0.2, 0.25) is 0 Å². The minimum atomic E-state index is -0.297. The fraction of sp³-hybridized carbons (Fsp3) is 0.231. The number of carbonyl (C=O) groups excluding carboxylic acids is 2. The Morgan fingerprint density at radius 2 is 1.79 bits per heavy atom. The molecule has 0 saturated carbocycles. The van der Waals surface area contributed by atoms with Gasteiger partial charge in [-0.3, -0.25) is 9.59 Å². The van der Waals surface area contributed by atoms with E-state index in [0.717, 1.165) is 11.3 Å². The lowest BCUT2D eigenvalue weighted by Crippen LogP contribution is -2.42. The van der Waals surface area contributed by atoms with E-state index < -0.39 is 0 Å². The Kier molecular flexibility index (Phi) is 6.87. The van der Waals surface area contributed by atoms with Crippen LogP contribution in [0.25, 0.3) is 0 Å². The lowest BCUT2D eigenvalue weighted by atomic mass is 9.93. The highest BCUT2D eigenvalue weighted by molar-refractivity contribution is 6.42.